The summed E-state index contributed by atoms with van der Waals surface area (Å²) in [6.45, 7) is 3.52. The maximum Gasteiger partial charge on any atom is 0.412 e. The highest BCUT2D eigenvalue weighted by molar-refractivity contribution is 9.10. The summed E-state index contributed by atoms with van der Waals surface area (Å²) in [6, 6.07) is 7.33. The molecule has 12 heteroatoms. The van der Waals surface area contributed by atoms with Crippen LogP contribution in [-0.4, -0.2) is 32.7 Å². The van der Waals surface area contributed by atoms with Crippen LogP contribution in [-0.2, 0) is 4.74 Å². The summed E-state index contributed by atoms with van der Waals surface area (Å²) in [5.41, 5.74) is 1.49. The van der Waals surface area contributed by atoms with Crippen molar-refractivity contribution >= 4 is 51.2 Å². The van der Waals surface area contributed by atoms with E-state index in [0.717, 1.165) is 10.0 Å². The first-order valence-electron chi connectivity index (χ1n) is 8.49. The van der Waals surface area contributed by atoms with Crippen LogP contribution >= 0.6 is 28.3 Å². The summed E-state index contributed by atoms with van der Waals surface area (Å²) in [5, 5.41) is 14.6. The van der Waals surface area contributed by atoms with Crippen molar-refractivity contribution in [3.05, 3.63) is 51.9 Å². The van der Waals surface area contributed by atoms with Gasteiger partial charge >= 0.3 is 6.09 Å². The van der Waals surface area contributed by atoms with Gasteiger partial charge in [0.05, 0.1) is 17.6 Å². The van der Waals surface area contributed by atoms with Crippen molar-refractivity contribution in [2.75, 3.05) is 6.61 Å². The van der Waals surface area contributed by atoms with Gasteiger partial charge in [-0.1, -0.05) is 17.3 Å². The monoisotopic (exact) mass is 500 g/mol. The van der Waals surface area contributed by atoms with Crippen molar-refractivity contribution in [3.63, 3.8) is 0 Å². The van der Waals surface area contributed by atoms with Gasteiger partial charge in [0, 0.05) is 17.7 Å². The number of halogens is 3. The number of carbonyl (C=O) groups excluding carboxylic acids is 1. The predicted molar refractivity (Wildman–Crippen MR) is 111 cm³/mol. The fraction of sp³-hybridized carbons (Fsp3) is 0.167. The molecular formula is C18H15BrF2N4O4S. The van der Waals surface area contributed by atoms with Gasteiger partial charge in [0.1, 0.15) is 10.4 Å². The molecule has 2 heterocycles. The number of ether oxygens (including phenoxy) is 2. The number of hydrogen-bond donors (Lipinski definition) is 2. The summed E-state index contributed by atoms with van der Waals surface area (Å²) in [5.74, 6) is -0.457. The predicted octanol–water partition coefficient (Wildman–Crippen LogP) is 5.30. The van der Waals surface area contributed by atoms with Crippen molar-refractivity contribution in [2.24, 2.45) is 5.16 Å². The maximum absolute atomic E-state index is 13.8. The second-order valence-electron chi connectivity index (χ2n) is 5.89. The summed E-state index contributed by atoms with van der Waals surface area (Å²) in [7, 11) is 0. The highest BCUT2D eigenvalue weighted by Crippen LogP contribution is 2.35. The Morgan fingerprint density at radius 3 is 2.83 bits per heavy atom. The van der Waals surface area contributed by atoms with Gasteiger partial charge in [0.2, 0.25) is 5.88 Å². The van der Waals surface area contributed by atoms with Crippen LogP contribution < -0.4 is 10.1 Å². The van der Waals surface area contributed by atoms with Crippen LogP contribution in [0.1, 0.15) is 18.1 Å². The summed E-state index contributed by atoms with van der Waals surface area (Å²) in [4.78, 5) is 15.6. The number of oxime groups is 1. The molecule has 0 fully saturated rings. The van der Waals surface area contributed by atoms with Crippen LogP contribution in [0.2, 0.25) is 0 Å². The molecule has 0 unspecified atom stereocenters. The number of amides is 1. The van der Waals surface area contributed by atoms with E-state index in [2.05, 4.69) is 31.4 Å². The molecule has 158 valence electrons. The van der Waals surface area contributed by atoms with E-state index in [-0.39, 0.29) is 46.5 Å². The number of benzene rings is 1. The third-order valence-corrected chi connectivity index (χ3v) is 5.03. The van der Waals surface area contributed by atoms with E-state index >= 15 is 0 Å². The Morgan fingerprint density at radius 1 is 1.40 bits per heavy atom. The number of nitrogens with one attached hydrogen (secondary N) is 1. The Morgan fingerprint density at radius 2 is 2.17 bits per heavy atom. The molecule has 1 amide bonds. The highest BCUT2D eigenvalue weighted by Gasteiger charge is 2.18. The number of amidine groups is 1. The van der Waals surface area contributed by atoms with Crippen LogP contribution in [0.25, 0.3) is 11.0 Å². The zero-order valence-electron chi connectivity index (χ0n) is 15.6. The van der Waals surface area contributed by atoms with Crippen molar-refractivity contribution in [2.45, 2.75) is 13.8 Å². The van der Waals surface area contributed by atoms with Gasteiger partial charge in [-0.25, -0.2) is 18.1 Å². The molecule has 3 rings (SSSR count). The molecule has 0 saturated carbocycles. The summed E-state index contributed by atoms with van der Waals surface area (Å²) in [6.07, 6.45) is -0.791. The number of aryl methyl sites for hydroxylation is 1. The molecule has 0 aliphatic carbocycles. The van der Waals surface area contributed by atoms with Crippen molar-refractivity contribution in [3.8, 4) is 11.6 Å². The number of nitrogens with zero attached hydrogens (tertiary/aromatic N) is 3. The Labute approximate surface area is 182 Å². The number of fused-ring (bicyclic) bond motifs is 1. The fourth-order valence-electron chi connectivity index (χ4n) is 2.56. The minimum atomic E-state index is -0.791. The smallest absolute Gasteiger partial charge is 0.412 e. The maximum atomic E-state index is 13.8. The van der Waals surface area contributed by atoms with Gasteiger partial charge in [0.25, 0.3) is 0 Å². The average Bonchev–Trinajstić information content (AvgIpc) is 3.04. The molecule has 0 aliphatic heterocycles. The van der Waals surface area contributed by atoms with Crippen LogP contribution in [0.4, 0.5) is 13.1 Å². The first-order valence-corrected chi connectivity index (χ1v) is 9.95. The highest BCUT2D eigenvalue weighted by atomic mass is 79.9. The SMILES string of the molecule is CCOC(=O)N/C(=N\O)c1ccc(C)c(Oc2cc3nc(Br)c(F)cc3n2SF)c1. The van der Waals surface area contributed by atoms with E-state index in [0.29, 0.717) is 16.6 Å². The minimum Gasteiger partial charge on any atom is -0.450 e. The quantitative estimate of drug-likeness (QED) is 0.162. The lowest BCUT2D eigenvalue weighted by atomic mass is 10.1. The molecule has 0 spiro atoms. The molecule has 8 nitrogen and oxygen atoms in total. The lowest BCUT2D eigenvalue weighted by molar-refractivity contribution is 0.157. The van der Waals surface area contributed by atoms with E-state index in [9.17, 15) is 18.3 Å². The number of hydrogen-bond acceptors (Lipinski definition) is 7. The normalized spacial score (nSPS) is 11.6. The first kappa shape index (κ1) is 21.8. The summed E-state index contributed by atoms with van der Waals surface area (Å²) < 4.78 is 39.0. The van der Waals surface area contributed by atoms with Gasteiger partial charge < -0.3 is 14.7 Å². The third-order valence-electron chi connectivity index (χ3n) is 3.96. The van der Waals surface area contributed by atoms with E-state index in [1.807, 2.05) is 0 Å². The van der Waals surface area contributed by atoms with Crippen molar-refractivity contribution in [1.29, 1.82) is 0 Å². The van der Waals surface area contributed by atoms with Crippen LogP contribution in [0.3, 0.4) is 0 Å². The Bertz CT molecular complexity index is 1140. The second kappa shape index (κ2) is 9.30. The number of pyridine rings is 1. The lowest BCUT2D eigenvalue weighted by Gasteiger charge is -2.12. The molecule has 3 aromatic rings. The molecule has 2 N–H and O–H groups in total. The largest absolute Gasteiger partial charge is 0.450 e. The van der Waals surface area contributed by atoms with Gasteiger partial charge in [-0.15, -0.1) is 3.89 Å². The molecule has 0 radical (unpaired) electrons. The third kappa shape index (κ3) is 4.49. The fourth-order valence-corrected chi connectivity index (χ4v) is 3.25. The van der Waals surface area contributed by atoms with Crippen LogP contribution in [0.5, 0.6) is 11.6 Å². The number of carbonyl (C=O) groups is 1. The number of rotatable bonds is 5. The Kier molecular flexibility index (Phi) is 6.77. The molecule has 2 aromatic heterocycles. The van der Waals surface area contributed by atoms with E-state index in [1.54, 1.807) is 26.0 Å². The first-order chi connectivity index (χ1) is 14.4. The average molecular weight is 501 g/mol. The second-order valence-corrected chi connectivity index (χ2v) is 7.14. The van der Waals surface area contributed by atoms with Crippen LogP contribution in [0, 0.1) is 12.7 Å². The Balaban J connectivity index is 1.97. The van der Waals surface area contributed by atoms with Gasteiger partial charge in [0.15, 0.2) is 24.0 Å². The van der Waals surface area contributed by atoms with Gasteiger partial charge in [-0.05, 0) is 41.4 Å². The molecule has 0 bridgehead atoms. The number of aromatic nitrogens is 2. The standard InChI is InChI=1S/C18H15BrF2N4O4S/c1-3-28-18(26)23-17(24-27)10-5-4-9(2)14(6-10)29-15-8-12-13(25(15)30-21)7-11(20)16(19)22-12/h4-8,27H,3H2,1-2H3,(H,23,24,26). The van der Waals surface area contributed by atoms with E-state index in [1.165, 1.54) is 12.1 Å². The van der Waals surface area contributed by atoms with Crippen LogP contribution in [0.15, 0.2) is 40.1 Å². The van der Waals surface area contributed by atoms with Crippen molar-refractivity contribution in [1.82, 2.24) is 14.3 Å². The zero-order valence-corrected chi connectivity index (χ0v) is 18.1. The van der Waals surface area contributed by atoms with Crippen molar-refractivity contribution < 1.29 is 27.8 Å². The lowest BCUT2D eigenvalue weighted by Crippen LogP contribution is -2.31. The van der Waals surface area contributed by atoms with Gasteiger partial charge in [-0.2, -0.15) is 0 Å². The molecule has 0 atom stereocenters. The molecule has 0 aliphatic rings. The van der Waals surface area contributed by atoms with E-state index < -0.39 is 11.9 Å². The van der Waals surface area contributed by atoms with Gasteiger partial charge in [-0.3, -0.25) is 5.32 Å². The summed E-state index contributed by atoms with van der Waals surface area (Å²) >= 11 is 2.83. The topological polar surface area (TPSA) is 98.0 Å². The molecule has 0 saturated heterocycles. The zero-order chi connectivity index (χ0) is 21.8. The molecule has 1 aromatic carbocycles. The Hall–Kier alpha value is -2.86. The molecule has 30 heavy (non-hydrogen) atoms. The number of alkyl carbamates (subject to hydrolysis) is 1. The molecular weight excluding hydrogens is 486 g/mol. The minimum absolute atomic E-state index is 0.00502. The van der Waals surface area contributed by atoms with E-state index in [4.69, 9.17) is 9.47 Å².